The van der Waals surface area contributed by atoms with Crippen molar-refractivity contribution in [3.63, 3.8) is 0 Å². The fraction of sp³-hybridized carbons (Fsp3) is 0.857. The van der Waals surface area contributed by atoms with E-state index in [0.29, 0.717) is 0 Å². The van der Waals surface area contributed by atoms with Crippen LogP contribution < -0.4 is 0 Å². The van der Waals surface area contributed by atoms with E-state index in [1.54, 1.807) is 0 Å². The number of hydrogen-bond acceptors (Lipinski definition) is 4. The average molecular weight is 282 g/mol. The van der Waals surface area contributed by atoms with E-state index in [0.717, 1.165) is 0 Å². The molecule has 0 bridgehead atoms. The molecule has 0 atom stereocenters. The molecular weight excluding hydrogens is 269 g/mol. The van der Waals surface area contributed by atoms with Gasteiger partial charge in [0.1, 0.15) is 5.78 Å². The minimum Gasteiger partial charge on any atom is -0.299 e. The van der Waals surface area contributed by atoms with Gasteiger partial charge in [-0.15, -0.1) is 10.3 Å². The van der Waals surface area contributed by atoms with Gasteiger partial charge in [0.15, 0.2) is 0 Å². The number of halogens is 3. The van der Waals surface area contributed by atoms with Crippen molar-refractivity contribution in [2.75, 3.05) is 18.3 Å². The molecule has 98 valence electrons. The second-order valence-electron chi connectivity index (χ2n) is 3.44. The van der Waals surface area contributed by atoms with Gasteiger partial charge >= 0.3 is 15.6 Å². The maximum absolute atomic E-state index is 12.0. The Morgan fingerprint density at radius 3 is 2.00 bits per heavy atom. The summed E-state index contributed by atoms with van der Waals surface area (Å²) in [5, 5.41) is 0. The fourth-order valence-corrected chi connectivity index (χ4v) is 4.22. The fourth-order valence-electron chi connectivity index (χ4n) is 0.795. The van der Waals surface area contributed by atoms with Crippen molar-refractivity contribution in [1.29, 1.82) is 0 Å². The molecule has 0 heterocycles. The van der Waals surface area contributed by atoms with Crippen LogP contribution in [0.4, 0.5) is 13.2 Å². The highest BCUT2D eigenvalue weighted by Gasteiger charge is 2.49. The lowest BCUT2D eigenvalue weighted by molar-refractivity contribution is -0.116. The summed E-state index contributed by atoms with van der Waals surface area (Å²) in [6.45, 7) is 1.54. The van der Waals surface area contributed by atoms with Crippen molar-refractivity contribution in [3.05, 3.63) is 0 Å². The van der Waals surface area contributed by atoms with E-state index in [-0.39, 0.29) is 18.0 Å². The lowest BCUT2D eigenvalue weighted by atomic mass is 10.4. The first-order valence-corrected chi connectivity index (χ1v) is 8.11. The number of ketones is 1. The second kappa shape index (κ2) is 4.92. The van der Waals surface area contributed by atoms with E-state index in [1.165, 1.54) is 19.4 Å². The molecule has 0 aliphatic rings. The minimum atomic E-state index is -5.62. The van der Waals surface area contributed by atoms with Gasteiger partial charge in [-0.3, -0.25) is 4.79 Å². The highest BCUT2D eigenvalue weighted by atomic mass is 32.3. The number of Topliss-reactive ketones (excluding diaryl/α,β-unsaturated/α-hetero) is 1. The lowest BCUT2D eigenvalue weighted by Crippen LogP contribution is -2.28. The molecule has 0 aromatic carbocycles. The molecule has 4 nitrogen and oxygen atoms in total. The Kier molecular flexibility index (Phi) is 4.84. The van der Waals surface area contributed by atoms with Gasteiger partial charge in [0.05, 0.1) is 5.75 Å². The number of alkyl halides is 3. The van der Waals surface area contributed by atoms with Crippen LogP contribution in [0.2, 0.25) is 0 Å². The molecule has 0 aliphatic heterocycles. The number of carbonyl (C=O) groups excluding carboxylic acids is 1. The van der Waals surface area contributed by atoms with Crippen molar-refractivity contribution in [1.82, 2.24) is 0 Å². The Bertz CT molecular complexity index is 358. The summed E-state index contributed by atoms with van der Waals surface area (Å²) in [6, 6.07) is 0. The summed E-state index contributed by atoms with van der Waals surface area (Å²) in [4.78, 5) is 11.0. The molecule has 16 heavy (non-hydrogen) atoms. The molecule has 0 aromatic rings. The van der Waals surface area contributed by atoms with Crippen molar-refractivity contribution in [2.24, 2.45) is 0 Å². The normalized spacial score (nSPS) is 14.9. The summed E-state index contributed by atoms with van der Waals surface area (Å²) in [7, 11) is -8.22. The molecule has 0 radical (unpaired) electrons. The average Bonchev–Trinajstić information content (AvgIpc) is 1.98. The van der Waals surface area contributed by atoms with E-state index >= 15 is 0 Å². The highest BCUT2D eigenvalue weighted by Crippen LogP contribution is 2.46. The van der Waals surface area contributed by atoms with E-state index in [2.05, 4.69) is 3.63 Å². The Labute approximate surface area is 93.8 Å². The summed E-state index contributed by atoms with van der Waals surface area (Å²) >= 11 is 0. The smallest absolute Gasteiger partial charge is 0.299 e. The van der Waals surface area contributed by atoms with Crippen molar-refractivity contribution >= 4 is 26.2 Å². The van der Waals surface area contributed by atoms with Gasteiger partial charge in [-0.1, -0.05) is 6.92 Å². The van der Waals surface area contributed by atoms with Gasteiger partial charge in [0.25, 0.3) is 0 Å². The lowest BCUT2D eigenvalue weighted by Gasteiger charge is -2.29. The highest BCUT2D eigenvalue weighted by molar-refractivity contribution is 8.32. The number of rotatable bonds is 5. The maximum Gasteiger partial charge on any atom is 0.523 e. The maximum atomic E-state index is 12.0. The van der Waals surface area contributed by atoms with Gasteiger partial charge in [-0.25, -0.2) is 3.63 Å². The van der Waals surface area contributed by atoms with Crippen LogP contribution in [-0.2, 0) is 18.5 Å². The van der Waals surface area contributed by atoms with E-state index in [1.807, 2.05) is 0 Å². The first-order chi connectivity index (χ1) is 6.91. The molecule has 0 spiro atoms. The molecule has 9 heteroatoms. The molecular formula is C7H13F3O4S2. The van der Waals surface area contributed by atoms with Crippen molar-refractivity contribution in [3.8, 4) is 0 Å². The zero-order chi connectivity index (χ0) is 13.2. The van der Waals surface area contributed by atoms with Gasteiger partial charge in [-0.05, 0) is 12.5 Å². The minimum absolute atomic E-state index is 0.131. The Morgan fingerprint density at radius 2 is 1.69 bits per heavy atom. The molecule has 0 N–H and O–H groups in total. The summed E-state index contributed by atoms with van der Waals surface area (Å²) in [5.41, 5.74) is -5.45. The third-order valence-corrected chi connectivity index (χ3v) is 5.23. The standard InChI is InChI=1S/C7H13F3O4S2/c1-4-6(11)5-15(2,3)14-16(12,13)7(8,9)10/h4-5H2,1-3H3. The van der Waals surface area contributed by atoms with Crippen LogP contribution in [0.15, 0.2) is 0 Å². The van der Waals surface area contributed by atoms with E-state index in [4.69, 9.17) is 0 Å². The van der Waals surface area contributed by atoms with E-state index < -0.39 is 25.9 Å². The predicted octanol–water partition coefficient (Wildman–Crippen LogP) is 1.81. The zero-order valence-corrected chi connectivity index (χ0v) is 10.6. The van der Waals surface area contributed by atoms with Crippen LogP contribution >= 0.6 is 10.3 Å². The molecule has 0 amide bonds. The Morgan fingerprint density at radius 1 is 1.25 bits per heavy atom. The van der Waals surface area contributed by atoms with Crippen molar-refractivity contribution in [2.45, 2.75) is 18.9 Å². The van der Waals surface area contributed by atoms with Crippen LogP contribution in [0.25, 0.3) is 0 Å². The van der Waals surface area contributed by atoms with Crippen LogP contribution in [0, 0.1) is 0 Å². The molecule has 0 saturated heterocycles. The van der Waals surface area contributed by atoms with Crippen LogP contribution in [0.3, 0.4) is 0 Å². The van der Waals surface area contributed by atoms with Gasteiger partial charge in [-0.2, -0.15) is 21.6 Å². The molecule has 0 saturated carbocycles. The van der Waals surface area contributed by atoms with Gasteiger partial charge in [0, 0.05) is 6.42 Å². The van der Waals surface area contributed by atoms with Gasteiger partial charge in [0.2, 0.25) is 0 Å². The first-order valence-electron chi connectivity index (χ1n) is 4.16. The van der Waals surface area contributed by atoms with Gasteiger partial charge < -0.3 is 0 Å². The monoisotopic (exact) mass is 282 g/mol. The van der Waals surface area contributed by atoms with Crippen LogP contribution in [-0.4, -0.2) is 38.0 Å². The molecule has 0 aromatic heterocycles. The van der Waals surface area contributed by atoms with E-state index in [9.17, 15) is 26.4 Å². The molecule has 0 rings (SSSR count). The summed E-state index contributed by atoms with van der Waals surface area (Å²) in [5.74, 6) is -0.643. The topological polar surface area (TPSA) is 60.4 Å². The summed E-state index contributed by atoms with van der Waals surface area (Å²) in [6.07, 6.45) is 2.53. The molecule has 0 unspecified atom stereocenters. The Balaban J connectivity index is 4.79. The van der Waals surface area contributed by atoms with Crippen LogP contribution in [0.1, 0.15) is 13.3 Å². The number of hydrogen-bond donors (Lipinski definition) is 0. The third-order valence-electron chi connectivity index (χ3n) is 1.46. The van der Waals surface area contributed by atoms with Crippen LogP contribution in [0.5, 0.6) is 0 Å². The predicted molar refractivity (Wildman–Crippen MR) is 55.7 cm³/mol. The largest absolute Gasteiger partial charge is 0.523 e. The molecule has 0 fully saturated rings. The number of carbonyl (C=O) groups is 1. The zero-order valence-electron chi connectivity index (χ0n) is 9.00. The second-order valence-corrected chi connectivity index (χ2v) is 8.52. The summed E-state index contributed by atoms with van der Waals surface area (Å²) < 4.78 is 61.5. The SMILES string of the molecule is CCC(=O)CS(C)(C)OS(=O)(=O)C(F)(F)F. The Hall–Kier alpha value is -0.280. The van der Waals surface area contributed by atoms with Crippen molar-refractivity contribution < 1.29 is 30.0 Å². The third kappa shape index (κ3) is 4.71. The quantitative estimate of drug-likeness (QED) is 0.722. The molecule has 0 aliphatic carbocycles. The first kappa shape index (κ1) is 15.7.